The van der Waals surface area contributed by atoms with Gasteiger partial charge in [-0.15, -0.1) is 11.3 Å². The van der Waals surface area contributed by atoms with Crippen molar-refractivity contribution in [2.24, 2.45) is 0 Å². The third kappa shape index (κ3) is 4.59. The van der Waals surface area contributed by atoms with Crippen molar-refractivity contribution in [2.45, 2.75) is 32.4 Å². The number of piperidine rings is 1. The molecule has 1 saturated heterocycles. The molecule has 0 unspecified atom stereocenters. The SMILES string of the molecule is CCN(Cc1ccc(Cl)s1)C(=O)NC1CCN(C(=O)c2ccco2)CC1. The molecule has 3 rings (SSSR count). The van der Waals surface area contributed by atoms with Gasteiger partial charge >= 0.3 is 6.03 Å². The smallest absolute Gasteiger partial charge is 0.317 e. The number of likely N-dealkylation sites (tertiary alicyclic amines) is 1. The van der Waals surface area contributed by atoms with Gasteiger partial charge in [-0.1, -0.05) is 11.6 Å². The molecule has 1 aliphatic rings. The highest BCUT2D eigenvalue weighted by Gasteiger charge is 2.26. The number of carbonyl (C=O) groups excluding carboxylic acids is 2. The van der Waals surface area contributed by atoms with E-state index in [1.54, 1.807) is 21.9 Å². The van der Waals surface area contributed by atoms with Crippen LogP contribution < -0.4 is 5.32 Å². The van der Waals surface area contributed by atoms with E-state index in [1.165, 1.54) is 17.6 Å². The van der Waals surface area contributed by atoms with Gasteiger partial charge in [-0.25, -0.2) is 4.79 Å². The Labute approximate surface area is 161 Å². The standard InChI is InChI=1S/C18H22ClN3O3S/c1-2-21(12-14-5-6-16(19)26-14)18(24)20-13-7-9-22(10-8-13)17(23)15-4-3-11-25-15/h3-6,11,13H,2,7-10,12H2,1H3,(H,20,24). The topological polar surface area (TPSA) is 65.8 Å². The molecule has 1 fully saturated rings. The first-order valence-corrected chi connectivity index (χ1v) is 9.88. The quantitative estimate of drug-likeness (QED) is 0.836. The van der Waals surface area contributed by atoms with E-state index in [2.05, 4.69) is 5.32 Å². The first kappa shape index (κ1) is 18.8. The molecule has 0 aliphatic carbocycles. The van der Waals surface area contributed by atoms with Gasteiger partial charge < -0.3 is 19.5 Å². The zero-order chi connectivity index (χ0) is 18.5. The van der Waals surface area contributed by atoms with Crippen molar-refractivity contribution in [3.63, 3.8) is 0 Å². The largest absolute Gasteiger partial charge is 0.459 e. The second-order valence-electron chi connectivity index (χ2n) is 6.21. The Balaban J connectivity index is 1.48. The van der Waals surface area contributed by atoms with Crippen molar-refractivity contribution >= 4 is 34.9 Å². The number of hydrogen-bond acceptors (Lipinski definition) is 4. The maximum Gasteiger partial charge on any atom is 0.317 e. The van der Waals surface area contributed by atoms with Crippen LogP contribution in [0.2, 0.25) is 4.34 Å². The van der Waals surface area contributed by atoms with Crippen LogP contribution in [0.1, 0.15) is 35.2 Å². The summed E-state index contributed by atoms with van der Waals surface area (Å²) in [4.78, 5) is 29.4. The molecule has 3 heterocycles. The van der Waals surface area contributed by atoms with Crippen molar-refractivity contribution in [1.29, 1.82) is 0 Å². The predicted molar refractivity (Wildman–Crippen MR) is 102 cm³/mol. The summed E-state index contributed by atoms with van der Waals surface area (Å²) in [5, 5.41) is 3.09. The number of urea groups is 1. The van der Waals surface area contributed by atoms with Crippen LogP contribution in [0.5, 0.6) is 0 Å². The Morgan fingerprint density at radius 1 is 1.35 bits per heavy atom. The van der Waals surface area contributed by atoms with E-state index < -0.39 is 0 Å². The van der Waals surface area contributed by atoms with E-state index in [9.17, 15) is 9.59 Å². The molecule has 0 saturated carbocycles. The molecule has 2 aromatic rings. The van der Waals surface area contributed by atoms with Crippen molar-refractivity contribution in [3.05, 3.63) is 45.5 Å². The Morgan fingerprint density at radius 3 is 2.69 bits per heavy atom. The maximum atomic E-state index is 12.5. The van der Waals surface area contributed by atoms with Gasteiger partial charge in [-0.3, -0.25) is 4.79 Å². The Morgan fingerprint density at radius 2 is 2.12 bits per heavy atom. The van der Waals surface area contributed by atoms with Crippen LogP contribution in [0.15, 0.2) is 34.9 Å². The number of nitrogens with zero attached hydrogens (tertiary/aromatic N) is 2. The first-order valence-electron chi connectivity index (χ1n) is 8.69. The van der Waals surface area contributed by atoms with Gasteiger partial charge in [0, 0.05) is 30.6 Å². The third-order valence-corrected chi connectivity index (χ3v) is 5.70. The zero-order valence-electron chi connectivity index (χ0n) is 14.6. The summed E-state index contributed by atoms with van der Waals surface area (Å²) >= 11 is 7.45. The van der Waals surface area contributed by atoms with Crippen LogP contribution in [0.25, 0.3) is 0 Å². The number of halogens is 1. The second kappa shape index (κ2) is 8.60. The molecule has 3 amide bonds. The van der Waals surface area contributed by atoms with Gasteiger partial charge in [0.25, 0.3) is 5.91 Å². The highest BCUT2D eigenvalue weighted by atomic mass is 35.5. The summed E-state index contributed by atoms with van der Waals surface area (Å²) in [5.41, 5.74) is 0. The molecular formula is C18H22ClN3O3S. The minimum atomic E-state index is -0.0930. The fourth-order valence-electron chi connectivity index (χ4n) is 3.00. The highest BCUT2D eigenvalue weighted by Crippen LogP contribution is 2.23. The monoisotopic (exact) mass is 395 g/mol. The normalized spacial score (nSPS) is 15.1. The van der Waals surface area contributed by atoms with Gasteiger partial charge in [0.05, 0.1) is 17.1 Å². The summed E-state index contributed by atoms with van der Waals surface area (Å²) in [6, 6.07) is 7.17. The molecule has 8 heteroatoms. The van der Waals surface area contributed by atoms with Gasteiger partial charge in [0.2, 0.25) is 0 Å². The average molecular weight is 396 g/mol. The van der Waals surface area contributed by atoms with E-state index in [1.807, 2.05) is 19.1 Å². The average Bonchev–Trinajstić information content (AvgIpc) is 3.31. The number of amides is 3. The number of carbonyl (C=O) groups is 2. The maximum absolute atomic E-state index is 12.5. The number of nitrogens with one attached hydrogen (secondary N) is 1. The van der Waals surface area contributed by atoms with E-state index in [4.69, 9.17) is 16.0 Å². The molecule has 6 nitrogen and oxygen atoms in total. The molecule has 0 aromatic carbocycles. The molecule has 26 heavy (non-hydrogen) atoms. The van der Waals surface area contributed by atoms with Crippen LogP contribution in [0, 0.1) is 0 Å². The van der Waals surface area contributed by atoms with Crippen LogP contribution in [-0.2, 0) is 6.54 Å². The molecule has 0 radical (unpaired) electrons. The fourth-order valence-corrected chi connectivity index (χ4v) is 4.10. The lowest BCUT2D eigenvalue weighted by molar-refractivity contribution is 0.0674. The number of hydrogen-bond donors (Lipinski definition) is 1. The summed E-state index contributed by atoms with van der Waals surface area (Å²) in [6.45, 7) is 4.35. The van der Waals surface area contributed by atoms with E-state index in [0.29, 0.717) is 31.9 Å². The number of rotatable bonds is 5. The van der Waals surface area contributed by atoms with Crippen molar-refractivity contribution < 1.29 is 14.0 Å². The minimum absolute atomic E-state index is 0.0733. The lowest BCUT2D eigenvalue weighted by Gasteiger charge is -2.33. The van der Waals surface area contributed by atoms with Crippen LogP contribution in [0.3, 0.4) is 0 Å². The summed E-state index contributed by atoms with van der Waals surface area (Å²) in [7, 11) is 0. The van der Waals surface area contributed by atoms with Gasteiger partial charge in [0.15, 0.2) is 5.76 Å². The van der Waals surface area contributed by atoms with Crippen molar-refractivity contribution in [1.82, 2.24) is 15.1 Å². The molecule has 0 bridgehead atoms. The summed E-state index contributed by atoms with van der Waals surface area (Å²) < 4.78 is 5.90. The Bertz CT molecular complexity index is 739. The third-order valence-electron chi connectivity index (χ3n) is 4.49. The molecule has 1 N–H and O–H groups in total. The predicted octanol–water partition coefficient (Wildman–Crippen LogP) is 3.83. The fraction of sp³-hybridized carbons (Fsp3) is 0.444. The number of thiophene rings is 1. The Hall–Kier alpha value is -1.99. The van der Waals surface area contributed by atoms with E-state index in [-0.39, 0.29) is 18.0 Å². The summed E-state index contributed by atoms with van der Waals surface area (Å²) in [6.07, 6.45) is 2.97. The number of furan rings is 1. The molecular weight excluding hydrogens is 374 g/mol. The summed E-state index contributed by atoms with van der Waals surface area (Å²) in [5.74, 6) is 0.267. The van der Waals surface area contributed by atoms with Crippen molar-refractivity contribution in [2.75, 3.05) is 19.6 Å². The minimum Gasteiger partial charge on any atom is -0.459 e. The van der Waals surface area contributed by atoms with Crippen LogP contribution >= 0.6 is 22.9 Å². The molecule has 0 atom stereocenters. The van der Waals surface area contributed by atoms with E-state index in [0.717, 1.165) is 22.1 Å². The van der Waals surface area contributed by atoms with Crippen LogP contribution in [0.4, 0.5) is 4.79 Å². The molecule has 1 aliphatic heterocycles. The second-order valence-corrected chi connectivity index (χ2v) is 8.01. The molecule has 2 aromatic heterocycles. The van der Waals surface area contributed by atoms with Gasteiger partial charge in [-0.05, 0) is 44.0 Å². The first-order chi connectivity index (χ1) is 12.6. The molecule has 0 spiro atoms. The highest BCUT2D eigenvalue weighted by molar-refractivity contribution is 7.16. The van der Waals surface area contributed by atoms with Crippen LogP contribution in [-0.4, -0.2) is 47.4 Å². The van der Waals surface area contributed by atoms with Gasteiger partial charge in [0.1, 0.15) is 0 Å². The zero-order valence-corrected chi connectivity index (χ0v) is 16.2. The Kier molecular flexibility index (Phi) is 6.21. The molecule has 140 valence electrons. The lowest BCUT2D eigenvalue weighted by Crippen LogP contribution is -2.50. The van der Waals surface area contributed by atoms with Gasteiger partial charge in [-0.2, -0.15) is 0 Å². The van der Waals surface area contributed by atoms with E-state index >= 15 is 0 Å². The van der Waals surface area contributed by atoms with Crippen molar-refractivity contribution in [3.8, 4) is 0 Å². The lowest BCUT2D eigenvalue weighted by atomic mass is 10.0.